The molecule has 5 heteroatoms. The van der Waals surface area contributed by atoms with E-state index in [2.05, 4.69) is 21.8 Å². The van der Waals surface area contributed by atoms with Crippen LogP contribution >= 0.6 is 0 Å². The molecule has 2 N–H and O–H groups in total. The Morgan fingerprint density at radius 1 is 1.38 bits per heavy atom. The number of halogens is 1. The fourth-order valence-electron chi connectivity index (χ4n) is 2.16. The summed E-state index contributed by atoms with van der Waals surface area (Å²) in [6, 6.07) is 4.69. The molecule has 0 aliphatic heterocycles. The number of nitrogens with zero attached hydrogens (tertiary/aromatic N) is 3. The highest BCUT2D eigenvalue weighted by molar-refractivity contribution is 5.41. The lowest BCUT2D eigenvalue weighted by Gasteiger charge is -2.16. The average Bonchev–Trinajstić information content (AvgIpc) is 2.84. The van der Waals surface area contributed by atoms with Gasteiger partial charge < -0.3 is 5.73 Å². The van der Waals surface area contributed by atoms with E-state index < -0.39 is 0 Å². The largest absolute Gasteiger partial charge is 0.320 e. The second kappa shape index (κ2) is 7.02. The summed E-state index contributed by atoms with van der Waals surface area (Å²) in [6.07, 6.45) is 3.83. The van der Waals surface area contributed by atoms with Crippen molar-refractivity contribution in [3.8, 4) is 11.8 Å². The minimum atomic E-state index is -0.282. The first kappa shape index (κ1) is 15.2. The van der Waals surface area contributed by atoms with E-state index >= 15 is 0 Å². The lowest BCUT2D eigenvalue weighted by atomic mass is 10.1. The molecule has 110 valence electrons. The summed E-state index contributed by atoms with van der Waals surface area (Å²) in [4.78, 5) is 2.14. The van der Waals surface area contributed by atoms with Crippen molar-refractivity contribution in [2.45, 2.75) is 13.1 Å². The van der Waals surface area contributed by atoms with Crippen molar-refractivity contribution in [1.29, 1.82) is 0 Å². The predicted molar refractivity (Wildman–Crippen MR) is 80.7 cm³/mol. The Hall–Kier alpha value is -2.16. The highest BCUT2D eigenvalue weighted by Gasteiger charge is 2.07. The minimum absolute atomic E-state index is 0.265. The van der Waals surface area contributed by atoms with E-state index in [1.165, 1.54) is 12.1 Å². The van der Waals surface area contributed by atoms with Gasteiger partial charge in [-0.05, 0) is 24.7 Å². The fourth-order valence-corrected chi connectivity index (χ4v) is 2.16. The van der Waals surface area contributed by atoms with Crippen LogP contribution in [0, 0.1) is 17.7 Å². The number of hydrogen-bond donors (Lipinski definition) is 1. The summed E-state index contributed by atoms with van der Waals surface area (Å²) in [7, 11) is 3.90. The van der Waals surface area contributed by atoms with Crippen LogP contribution in [0.4, 0.5) is 4.39 Å². The van der Waals surface area contributed by atoms with Gasteiger partial charge in [0.2, 0.25) is 0 Å². The molecule has 0 atom stereocenters. The predicted octanol–water partition coefficient (Wildman–Crippen LogP) is 1.50. The van der Waals surface area contributed by atoms with E-state index in [1.807, 2.05) is 26.5 Å². The molecule has 0 saturated heterocycles. The van der Waals surface area contributed by atoms with E-state index in [4.69, 9.17) is 5.73 Å². The molecule has 2 aromatic rings. The molecular formula is C16H19FN4. The normalized spacial score (nSPS) is 10.5. The van der Waals surface area contributed by atoms with Gasteiger partial charge in [-0.3, -0.25) is 9.58 Å². The molecule has 0 unspecified atom stereocenters. The van der Waals surface area contributed by atoms with Crippen LogP contribution in [0.25, 0.3) is 0 Å². The Morgan fingerprint density at radius 2 is 2.19 bits per heavy atom. The van der Waals surface area contributed by atoms with Crippen LogP contribution in [0.1, 0.15) is 16.7 Å². The van der Waals surface area contributed by atoms with Crippen LogP contribution in [0.2, 0.25) is 0 Å². The second-order valence-corrected chi connectivity index (χ2v) is 5.00. The monoisotopic (exact) mass is 286 g/mol. The van der Waals surface area contributed by atoms with Crippen molar-refractivity contribution >= 4 is 0 Å². The standard InChI is InChI=1S/C16H19FN4/c1-20(10-13-9-19-21(2)11-13)12-15-5-6-16(17)8-14(15)4-3-7-18/h5-6,8-9,11H,7,10,12,18H2,1-2H3. The molecule has 1 heterocycles. The molecule has 0 fully saturated rings. The first-order chi connectivity index (χ1) is 10.1. The summed E-state index contributed by atoms with van der Waals surface area (Å²) in [5.74, 6) is 5.42. The van der Waals surface area contributed by atoms with Crippen molar-refractivity contribution < 1.29 is 4.39 Å². The molecule has 0 spiro atoms. The fraction of sp³-hybridized carbons (Fsp3) is 0.312. The Labute approximate surface area is 124 Å². The third kappa shape index (κ3) is 4.42. The van der Waals surface area contributed by atoms with Gasteiger partial charge in [-0.1, -0.05) is 17.9 Å². The van der Waals surface area contributed by atoms with Gasteiger partial charge in [-0.15, -0.1) is 0 Å². The van der Waals surface area contributed by atoms with Crippen molar-refractivity contribution in [2.24, 2.45) is 12.8 Å². The Bertz CT molecular complexity index is 666. The summed E-state index contributed by atoms with van der Waals surface area (Å²) in [5.41, 5.74) is 8.20. The van der Waals surface area contributed by atoms with Gasteiger partial charge in [0.1, 0.15) is 5.82 Å². The second-order valence-electron chi connectivity index (χ2n) is 5.00. The average molecular weight is 286 g/mol. The molecule has 0 amide bonds. The van der Waals surface area contributed by atoms with Crippen LogP contribution in [-0.2, 0) is 20.1 Å². The van der Waals surface area contributed by atoms with Crippen molar-refractivity contribution in [2.75, 3.05) is 13.6 Å². The topological polar surface area (TPSA) is 47.1 Å². The molecule has 1 aromatic heterocycles. The molecule has 2 rings (SSSR count). The van der Waals surface area contributed by atoms with Crippen LogP contribution < -0.4 is 5.73 Å². The third-order valence-electron chi connectivity index (χ3n) is 3.05. The summed E-state index contributed by atoms with van der Waals surface area (Å²) in [6.45, 7) is 1.72. The van der Waals surface area contributed by atoms with Gasteiger partial charge in [0, 0.05) is 37.5 Å². The van der Waals surface area contributed by atoms with Crippen LogP contribution in [-0.4, -0.2) is 28.3 Å². The third-order valence-corrected chi connectivity index (χ3v) is 3.05. The van der Waals surface area contributed by atoms with Crippen LogP contribution in [0.5, 0.6) is 0 Å². The van der Waals surface area contributed by atoms with Gasteiger partial charge in [-0.2, -0.15) is 5.10 Å². The molecule has 0 radical (unpaired) electrons. The number of hydrogen-bond acceptors (Lipinski definition) is 3. The number of rotatable bonds is 4. The molecule has 1 aromatic carbocycles. The first-order valence-corrected chi connectivity index (χ1v) is 6.72. The van der Waals surface area contributed by atoms with Gasteiger partial charge in [0.25, 0.3) is 0 Å². The first-order valence-electron chi connectivity index (χ1n) is 6.72. The highest BCUT2D eigenvalue weighted by atomic mass is 19.1. The SMILES string of the molecule is CN(Cc1cnn(C)c1)Cc1ccc(F)cc1C#CCN. The maximum absolute atomic E-state index is 13.3. The van der Waals surface area contributed by atoms with Crippen LogP contribution in [0.15, 0.2) is 30.6 Å². The van der Waals surface area contributed by atoms with Crippen molar-refractivity contribution in [3.63, 3.8) is 0 Å². The Balaban J connectivity index is 2.11. The van der Waals surface area contributed by atoms with Gasteiger partial charge >= 0.3 is 0 Å². The zero-order valence-electron chi connectivity index (χ0n) is 12.3. The van der Waals surface area contributed by atoms with Crippen molar-refractivity contribution in [3.05, 3.63) is 53.1 Å². The number of aromatic nitrogens is 2. The Kier molecular flexibility index (Phi) is 5.09. The molecule has 0 aliphatic rings. The van der Waals surface area contributed by atoms with E-state index in [9.17, 15) is 4.39 Å². The zero-order chi connectivity index (χ0) is 15.2. The van der Waals surface area contributed by atoms with E-state index in [-0.39, 0.29) is 12.4 Å². The molecule has 21 heavy (non-hydrogen) atoms. The van der Waals surface area contributed by atoms with Gasteiger partial charge in [-0.25, -0.2) is 4.39 Å². The smallest absolute Gasteiger partial charge is 0.124 e. The maximum Gasteiger partial charge on any atom is 0.124 e. The quantitative estimate of drug-likeness (QED) is 0.867. The van der Waals surface area contributed by atoms with E-state index in [1.54, 1.807) is 10.7 Å². The molecule has 4 nitrogen and oxygen atoms in total. The number of nitrogens with two attached hydrogens (primary N) is 1. The molecule has 0 bridgehead atoms. The van der Waals surface area contributed by atoms with E-state index in [0.29, 0.717) is 12.1 Å². The Morgan fingerprint density at radius 3 is 2.86 bits per heavy atom. The van der Waals surface area contributed by atoms with Crippen molar-refractivity contribution in [1.82, 2.24) is 14.7 Å². The molecule has 0 aliphatic carbocycles. The summed E-state index contributed by atoms with van der Waals surface area (Å²) < 4.78 is 15.1. The summed E-state index contributed by atoms with van der Waals surface area (Å²) in [5, 5.41) is 4.15. The van der Waals surface area contributed by atoms with Gasteiger partial charge in [0.05, 0.1) is 12.7 Å². The number of benzene rings is 1. The van der Waals surface area contributed by atoms with Gasteiger partial charge in [0.15, 0.2) is 0 Å². The number of aryl methyl sites for hydroxylation is 1. The van der Waals surface area contributed by atoms with E-state index in [0.717, 1.165) is 17.7 Å². The zero-order valence-corrected chi connectivity index (χ0v) is 12.3. The van der Waals surface area contributed by atoms with Crippen LogP contribution in [0.3, 0.4) is 0 Å². The maximum atomic E-state index is 13.3. The lowest BCUT2D eigenvalue weighted by molar-refractivity contribution is 0.318. The highest BCUT2D eigenvalue weighted by Crippen LogP contribution is 2.14. The molecule has 0 saturated carbocycles. The summed E-state index contributed by atoms with van der Waals surface area (Å²) >= 11 is 0. The minimum Gasteiger partial charge on any atom is -0.320 e. The molecular weight excluding hydrogens is 267 g/mol. The lowest BCUT2D eigenvalue weighted by Crippen LogP contribution is -2.17.